The molecule has 0 aliphatic carbocycles. The van der Waals surface area contributed by atoms with Crippen molar-refractivity contribution in [3.8, 4) is 17.2 Å². The molecule has 2 aromatic carbocycles. The van der Waals surface area contributed by atoms with Gasteiger partial charge in [0.2, 0.25) is 0 Å². The number of benzene rings is 2. The molecule has 1 saturated heterocycles. The number of carbonyl (C=O) groups excluding carboxylic acids is 1. The molecule has 0 radical (unpaired) electrons. The predicted octanol–water partition coefficient (Wildman–Crippen LogP) is 2.56. The zero-order valence-electron chi connectivity index (χ0n) is 15.3. The van der Waals surface area contributed by atoms with Crippen molar-refractivity contribution < 1.29 is 18.3 Å². The fourth-order valence-corrected chi connectivity index (χ4v) is 3.03. The van der Waals surface area contributed by atoms with Crippen molar-refractivity contribution in [3.63, 3.8) is 0 Å². The maximum atomic E-state index is 14.5. The third kappa shape index (κ3) is 5.12. The second kappa shape index (κ2) is 9.40. The molecule has 2 N–H and O–H groups in total. The van der Waals surface area contributed by atoms with E-state index in [1.165, 1.54) is 18.2 Å². The van der Waals surface area contributed by atoms with Gasteiger partial charge in [-0.15, -0.1) is 0 Å². The topological polar surface area (TPSA) is 74.2 Å². The van der Waals surface area contributed by atoms with Crippen molar-refractivity contribution in [2.24, 2.45) is 0 Å². The van der Waals surface area contributed by atoms with Crippen molar-refractivity contribution in [1.82, 2.24) is 10.6 Å². The third-order valence-corrected chi connectivity index (χ3v) is 4.57. The Morgan fingerprint density at radius 2 is 2.00 bits per heavy atom. The number of nitrogens with zero attached hydrogens (tertiary/aromatic N) is 1. The van der Waals surface area contributed by atoms with Crippen molar-refractivity contribution in [3.05, 3.63) is 59.7 Å². The van der Waals surface area contributed by atoms with E-state index in [9.17, 15) is 18.8 Å². The van der Waals surface area contributed by atoms with Crippen LogP contribution in [0.1, 0.15) is 12.0 Å². The highest BCUT2D eigenvalue weighted by Gasteiger charge is 2.24. The summed E-state index contributed by atoms with van der Waals surface area (Å²) >= 11 is 0. The molecule has 3 rings (SSSR count). The molecule has 1 amide bonds. The first-order valence-corrected chi connectivity index (χ1v) is 9.13. The van der Waals surface area contributed by atoms with Gasteiger partial charge >= 0.3 is 0 Å². The van der Waals surface area contributed by atoms with Crippen LogP contribution in [-0.2, 0) is 16.0 Å². The van der Waals surface area contributed by atoms with Crippen LogP contribution in [0.3, 0.4) is 0 Å². The van der Waals surface area contributed by atoms with Crippen molar-refractivity contribution in [2.75, 3.05) is 19.7 Å². The van der Waals surface area contributed by atoms with Crippen molar-refractivity contribution >= 4 is 5.91 Å². The van der Waals surface area contributed by atoms with Crippen molar-refractivity contribution in [1.29, 1.82) is 5.26 Å². The van der Waals surface area contributed by atoms with E-state index < -0.39 is 18.0 Å². The summed E-state index contributed by atoms with van der Waals surface area (Å²) in [6, 6.07) is 11.5. The van der Waals surface area contributed by atoms with Gasteiger partial charge < -0.3 is 15.4 Å². The largest absolute Gasteiger partial charge is 0.367 e. The Balaban J connectivity index is 1.66. The van der Waals surface area contributed by atoms with Crippen LogP contribution in [0, 0.1) is 23.0 Å². The molecule has 146 valence electrons. The number of carbonyl (C=O) groups is 1. The highest BCUT2D eigenvalue weighted by molar-refractivity contribution is 5.81. The first-order valence-electron chi connectivity index (χ1n) is 9.13. The SMILES string of the molecule is N#CC(Cc1ccc(-c2ccc(F)cc2)cc1F)NC(=O)[C@@H]1CNCCCO1. The Hall–Kier alpha value is -2.82. The van der Waals surface area contributed by atoms with E-state index in [-0.39, 0.29) is 18.1 Å². The van der Waals surface area contributed by atoms with Crippen LogP contribution in [0.2, 0.25) is 0 Å². The Kier molecular flexibility index (Phi) is 6.69. The summed E-state index contributed by atoms with van der Waals surface area (Å²) in [4.78, 5) is 12.3. The van der Waals surface area contributed by atoms with Gasteiger partial charge in [0.05, 0.1) is 6.07 Å². The van der Waals surface area contributed by atoms with E-state index >= 15 is 0 Å². The number of hydrogen-bond donors (Lipinski definition) is 2. The highest BCUT2D eigenvalue weighted by atomic mass is 19.1. The van der Waals surface area contributed by atoms with Gasteiger partial charge in [-0.25, -0.2) is 8.78 Å². The van der Waals surface area contributed by atoms with Gasteiger partial charge in [0, 0.05) is 19.6 Å². The van der Waals surface area contributed by atoms with E-state index in [0.717, 1.165) is 13.0 Å². The Morgan fingerprint density at radius 1 is 1.25 bits per heavy atom. The minimum absolute atomic E-state index is 0.0396. The van der Waals surface area contributed by atoms with E-state index in [0.29, 0.717) is 29.8 Å². The molecule has 0 aromatic heterocycles. The van der Waals surface area contributed by atoms with Gasteiger partial charge in [-0.3, -0.25) is 4.79 Å². The van der Waals surface area contributed by atoms with Gasteiger partial charge in [-0.1, -0.05) is 24.3 Å². The van der Waals surface area contributed by atoms with Crippen LogP contribution < -0.4 is 10.6 Å². The lowest BCUT2D eigenvalue weighted by Crippen LogP contribution is -2.46. The molecule has 7 heteroatoms. The molecular weight excluding hydrogens is 364 g/mol. The predicted molar refractivity (Wildman–Crippen MR) is 100 cm³/mol. The van der Waals surface area contributed by atoms with Crippen LogP contribution in [0.5, 0.6) is 0 Å². The van der Waals surface area contributed by atoms with Crippen LogP contribution in [0.25, 0.3) is 11.1 Å². The van der Waals surface area contributed by atoms with E-state index in [1.807, 2.05) is 6.07 Å². The lowest BCUT2D eigenvalue weighted by atomic mass is 10.00. The lowest BCUT2D eigenvalue weighted by Gasteiger charge is -2.18. The molecule has 5 nitrogen and oxygen atoms in total. The fraction of sp³-hybridized carbons (Fsp3) is 0.333. The summed E-state index contributed by atoms with van der Waals surface area (Å²) in [6.45, 7) is 1.63. The maximum Gasteiger partial charge on any atom is 0.251 e. The number of rotatable bonds is 5. The molecule has 2 atom stereocenters. The number of ether oxygens (including phenoxy) is 1. The van der Waals surface area contributed by atoms with Crippen LogP contribution in [-0.4, -0.2) is 37.7 Å². The van der Waals surface area contributed by atoms with Gasteiger partial charge in [-0.2, -0.15) is 5.26 Å². The second-order valence-electron chi connectivity index (χ2n) is 6.62. The van der Waals surface area contributed by atoms with Crippen LogP contribution in [0.4, 0.5) is 8.78 Å². The zero-order chi connectivity index (χ0) is 19.9. The molecule has 1 heterocycles. The van der Waals surface area contributed by atoms with E-state index in [1.54, 1.807) is 24.3 Å². The van der Waals surface area contributed by atoms with Crippen LogP contribution in [0.15, 0.2) is 42.5 Å². The molecule has 1 aliphatic heterocycles. The fourth-order valence-electron chi connectivity index (χ4n) is 3.03. The zero-order valence-corrected chi connectivity index (χ0v) is 15.3. The average Bonchev–Trinajstić information content (AvgIpc) is 2.99. The van der Waals surface area contributed by atoms with Gasteiger partial charge in [0.25, 0.3) is 5.91 Å². The van der Waals surface area contributed by atoms with E-state index in [2.05, 4.69) is 10.6 Å². The van der Waals surface area contributed by atoms with Crippen molar-refractivity contribution in [2.45, 2.75) is 25.0 Å². The summed E-state index contributed by atoms with van der Waals surface area (Å²) in [6.07, 6.45) is 0.193. The lowest BCUT2D eigenvalue weighted by molar-refractivity contribution is -0.132. The first-order chi connectivity index (χ1) is 13.6. The summed E-state index contributed by atoms with van der Waals surface area (Å²) in [7, 11) is 0. The second-order valence-corrected chi connectivity index (χ2v) is 6.62. The van der Waals surface area contributed by atoms with Gasteiger partial charge in [0.1, 0.15) is 23.8 Å². The standard InChI is InChI=1S/C21H21F2N3O2/c22-17-6-4-14(5-7-17)15-2-3-16(19(23)11-15)10-18(12-24)26-21(27)20-13-25-8-1-9-28-20/h2-7,11,18,20,25H,1,8-10,13H2,(H,26,27)/t18?,20-/m0/s1. The molecule has 0 bridgehead atoms. The summed E-state index contributed by atoms with van der Waals surface area (Å²) in [5.41, 5.74) is 1.62. The Bertz CT molecular complexity index is 857. The van der Waals surface area contributed by atoms with E-state index in [4.69, 9.17) is 4.74 Å². The Morgan fingerprint density at radius 3 is 2.71 bits per heavy atom. The first kappa shape index (κ1) is 19.9. The molecular formula is C21H21F2N3O2. The maximum absolute atomic E-state index is 14.5. The smallest absolute Gasteiger partial charge is 0.251 e. The van der Waals surface area contributed by atoms with Gasteiger partial charge in [0.15, 0.2) is 0 Å². The monoisotopic (exact) mass is 385 g/mol. The minimum atomic E-state index is -0.870. The normalized spacial score (nSPS) is 18.0. The molecule has 2 aromatic rings. The molecule has 1 aliphatic rings. The molecule has 0 saturated carbocycles. The molecule has 28 heavy (non-hydrogen) atoms. The third-order valence-electron chi connectivity index (χ3n) is 4.57. The number of nitrogens with one attached hydrogen (secondary N) is 2. The molecule has 0 spiro atoms. The summed E-state index contributed by atoms with van der Waals surface area (Å²) in [5.74, 6) is -1.23. The van der Waals surface area contributed by atoms with Gasteiger partial charge in [-0.05, 0) is 47.9 Å². The van der Waals surface area contributed by atoms with Crippen LogP contribution >= 0.6 is 0 Å². The summed E-state index contributed by atoms with van der Waals surface area (Å²) < 4.78 is 33.0. The molecule has 1 unspecified atom stereocenters. The minimum Gasteiger partial charge on any atom is -0.367 e. The highest BCUT2D eigenvalue weighted by Crippen LogP contribution is 2.23. The number of amides is 1. The quantitative estimate of drug-likeness (QED) is 0.830. The summed E-state index contributed by atoms with van der Waals surface area (Å²) in [5, 5.41) is 15.1. The average molecular weight is 385 g/mol. The molecule has 1 fully saturated rings. The number of halogens is 2. The Labute approximate surface area is 162 Å². The number of nitriles is 1. The number of hydrogen-bond acceptors (Lipinski definition) is 4.